The Morgan fingerprint density at radius 3 is 2.95 bits per heavy atom. The maximum atomic E-state index is 12.2. The van der Waals surface area contributed by atoms with Crippen molar-refractivity contribution in [3.63, 3.8) is 0 Å². The predicted octanol–water partition coefficient (Wildman–Crippen LogP) is 2.24. The number of hydrogen-bond donors (Lipinski definition) is 2. The van der Waals surface area contributed by atoms with Gasteiger partial charge in [-0.05, 0) is 55.3 Å². The number of aromatic nitrogens is 1. The number of para-hydroxylation sites is 1. The van der Waals surface area contributed by atoms with Crippen LogP contribution in [0.25, 0.3) is 10.9 Å². The molecule has 0 aliphatic carbocycles. The van der Waals surface area contributed by atoms with Crippen LogP contribution in [-0.2, 0) is 12.8 Å². The van der Waals surface area contributed by atoms with Crippen molar-refractivity contribution in [1.82, 2.24) is 10.3 Å². The molecule has 3 nitrogen and oxygen atoms in total. The second kappa shape index (κ2) is 5.17. The Labute approximate surface area is 113 Å². The van der Waals surface area contributed by atoms with Crippen molar-refractivity contribution in [2.24, 2.45) is 5.92 Å². The van der Waals surface area contributed by atoms with Gasteiger partial charge in [-0.3, -0.25) is 4.79 Å². The van der Waals surface area contributed by atoms with Crippen LogP contribution in [0.2, 0.25) is 0 Å². The third-order valence-corrected chi connectivity index (χ3v) is 4.09. The van der Waals surface area contributed by atoms with Gasteiger partial charge in [0.2, 0.25) is 0 Å². The molecule has 1 aromatic carbocycles. The van der Waals surface area contributed by atoms with Crippen molar-refractivity contribution in [2.75, 3.05) is 13.1 Å². The van der Waals surface area contributed by atoms with E-state index in [0.717, 1.165) is 42.4 Å². The van der Waals surface area contributed by atoms with Crippen molar-refractivity contribution in [1.29, 1.82) is 0 Å². The van der Waals surface area contributed by atoms with E-state index in [1.807, 2.05) is 0 Å². The van der Waals surface area contributed by atoms with Crippen LogP contribution in [0.5, 0.6) is 0 Å². The largest absolute Gasteiger partial charge is 0.321 e. The summed E-state index contributed by atoms with van der Waals surface area (Å²) in [5.41, 5.74) is 3.22. The Morgan fingerprint density at radius 1 is 1.32 bits per heavy atom. The van der Waals surface area contributed by atoms with Gasteiger partial charge in [-0.2, -0.15) is 0 Å². The summed E-state index contributed by atoms with van der Waals surface area (Å²) in [6.45, 7) is 4.23. The molecule has 100 valence electrons. The van der Waals surface area contributed by atoms with Crippen LogP contribution in [0.1, 0.15) is 24.5 Å². The molecule has 1 aliphatic rings. The number of fused-ring (bicyclic) bond motifs is 1. The number of aromatic amines is 1. The van der Waals surface area contributed by atoms with Crippen molar-refractivity contribution in [2.45, 2.75) is 26.2 Å². The summed E-state index contributed by atoms with van der Waals surface area (Å²) in [6, 6.07) is 8.31. The van der Waals surface area contributed by atoms with Gasteiger partial charge in [0.1, 0.15) is 0 Å². The average Bonchev–Trinajstić information content (AvgIpc) is 2.92. The predicted molar refractivity (Wildman–Crippen MR) is 78.6 cm³/mol. The van der Waals surface area contributed by atoms with Crippen LogP contribution >= 0.6 is 0 Å². The highest BCUT2D eigenvalue weighted by molar-refractivity contribution is 5.82. The van der Waals surface area contributed by atoms with Crippen molar-refractivity contribution < 1.29 is 0 Å². The molecule has 0 bridgehead atoms. The van der Waals surface area contributed by atoms with Crippen LogP contribution in [-0.4, -0.2) is 18.1 Å². The summed E-state index contributed by atoms with van der Waals surface area (Å²) in [5.74, 6) is 0.605. The minimum Gasteiger partial charge on any atom is -0.321 e. The monoisotopic (exact) mass is 256 g/mol. The number of H-pyrrole nitrogens is 1. The molecule has 19 heavy (non-hydrogen) atoms. The highest BCUT2D eigenvalue weighted by atomic mass is 16.1. The molecule has 3 rings (SSSR count). The molecule has 0 radical (unpaired) electrons. The highest BCUT2D eigenvalue weighted by Crippen LogP contribution is 2.19. The van der Waals surface area contributed by atoms with Gasteiger partial charge in [0.05, 0.1) is 5.52 Å². The number of hydrogen-bond acceptors (Lipinski definition) is 2. The second-order valence-corrected chi connectivity index (χ2v) is 5.42. The summed E-state index contributed by atoms with van der Waals surface area (Å²) in [4.78, 5) is 15.3. The lowest BCUT2D eigenvalue weighted by molar-refractivity contribution is 0.577. The maximum Gasteiger partial charge on any atom is 0.251 e. The van der Waals surface area contributed by atoms with Gasteiger partial charge >= 0.3 is 0 Å². The molecule has 2 N–H and O–H groups in total. The summed E-state index contributed by atoms with van der Waals surface area (Å²) in [7, 11) is 0. The van der Waals surface area contributed by atoms with E-state index >= 15 is 0 Å². The van der Waals surface area contributed by atoms with Crippen LogP contribution in [0.15, 0.2) is 29.1 Å². The molecule has 1 unspecified atom stereocenters. The Hall–Kier alpha value is -1.61. The first-order chi connectivity index (χ1) is 9.28. The van der Waals surface area contributed by atoms with Crippen molar-refractivity contribution >= 4 is 10.9 Å². The maximum absolute atomic E-state index is 12.2. The van der Waals surface area contributed by atoms with E-state index in [9.17, 15) is 4.79 Å². The summed E-state index contributed by atoms with van der Waals surface area (Å²) < 4.78 is 0. The molecule has 2 heterocycles. The fourth-order valence-electron chi connectivity index (χ4n) is 2.99. The standard InChI is InChI=1S/C16H20N2O/c1-2-12-4-3-5-13-9-14(16(19)18-15(12)13)8-11-6-7-17-10-11/h3-5,9,11,17H,2,6-8,10H2,1H3,(H,18,19). The zero-order valence-electron chi connectivity index (χ0n) is 11.3. The van der Waals surface area contributed by atoms with Crippen LogP contribution < -0.4 is 10.9 Å². The smallest absolute Gasteiger partial charge is 0.251 e. The van der Waals surface area contributed by atoms with E-state index < -0.39 is 0 Å². The molecular weight excluding hydrogens is 236 g/mol. The van der Waals surface area contributed by atoms with E-state index in [4.69, 9.17) is 0 Å². The van der Waals surface area contributed by atoms with Crippen LogP contribution in [0, 0.1) is 5.92 Å². The summed E-state index contributed by atoms with van der Waals surface area (Å²) >= 11 is 0. The van der Waals surface area contributed by atoms with Gasteiger partial charge in [-0.1, -0.05) is 25.1 Å². The average molecular weight is 256 g/mol. The summed E-state index contributed by atoms with van der Waals surface area (Å²) in [5, 5.41) is 4.51. The van der Waals surface area contributed by atoms with E-state index in [1.54, 1.807) is 0 Å². The molecule has 0 spiro atoms. The minimum atomic E-state index is 0.0836. The van der Waals surface area contributed by atoms with Gasteiger partial charge < -0.3 is 10.3 Å². The number of nitrogens with one attached hydrogen (secondary N) is 2. The van der Waals surface area contributed by atoms with E-state index in [0.29, 0.717) is 5.92 Å². The Morgan fingerprint density at radius 2 is 2.21 bits per heavy atom. The number of pyridine rings is 1. The lowest BCUT2D eigenvalue weighted by Gasteiger charge is -2.10. The second-order valence-electron chi connectivity index (χ2n) is 5.42. The van der Waals surface area contributed by atoms with E-state index in [1.165, 1.54) is 12.0 Å². The third kappa shape index (κ3) is 2.43. The third-order valence-electron chi connectivity index (χ3n) is 4.09. The SMILES string of the molecule is CCc1cccc2cc(CC3CCNC3)c(=O)[nH]c12. The Balaban J connectivity index is 2.02. The molecule has 1 saturated heterocycles. The first-order valence-electron chi connectivity index (χ1n) is 7.12. The fraction of sp³-hybridized carbons (Fsp3) is 0.438. The molecule has 1 aromatic heterocycles. The Bertz CT molecular complexity index is 639. The van der Waals surface area contributed by atoms with Gasteiger partial charge in [-0.25, -0.2) is 0 Å². The topological polar surface area (TPSA) is 44.9 Å². The zero-order chi connectivity index (χ0) is 13.2. The first kappa shape index (κ1) is 12.4. The van der Waals surface area contributed by atoms with Gasteiger partial charge in [0, 0.05) is 5.56 Å². The normalized spacial score (nSPS) is 19.1. The molecule has 1 aliphatic heterocycles. The molecule has 1 atom stereocenters. The number of benzene rings is 1. The highest BCUT2D eigenvalue weighted by Gasteiger charge is 2.17. The van der Waals surface area contributed by atoms with Gasteiger partial charge in [-0.15, -0.1) is 0 Å². The minimum absolute atomic E-state index is 0.0836. The van der Waals surface area contributed by atoms with Crippen molar-refractivity contribution in [3.8, 4) is 0 Å². The van der Waals surface area contributed by atoms with Crippen LogP contribution in [0.3, 0.4) is 0 Å². The summed E-state index contributed by atoms with van der Waals surface area (Å²) in [6.07, 6.45) is 3.00. The molecule has 0 amide bonds. The molecular formula is C16H20N2O. The first-order valence-corrected chi connectivity index (χ1v) is 7.12. The quantitative estimate of drug-likeness (QED) is 0.884. The molecule has 1 fully saturated rings. The Kier molecular flexibility index (Phi) is 3.38. The molecule has 2 aromatic rings. The van der Waals surface area contributed by atoms with E-state index in [2.05, 4.69) is 41.5 Å². The molecule has 3 heteroatoms. The number of rotatable bonds is 3. The van der Waals surface area contributed by atoms with Gasteiger partial charge in [0.25, 0.3) is 5.56 Å². The zero-order valence-corrected chi connectivity index (χ0v) is 11.3. The lowest BCUT2D eigenvalue weighted by Crippen LogP contribution is -2.18. The van der Waals surface area contributed by atoms with E-state index in [-0.39, 0.29) is 5.56 Å². The van der Waals surface area contributed by atoms with Gasteiger partial charge in [0.15, 0.2) is 0 Å². The fourth-order valence-corrected chi connectivity index (χ4v) is 2.99. The molecule has 0 saturated carbocycles. The van der Waals surface area contributed by atoms with Crippen molar-refractivity contribution in [3.05, 3.63) is 45.7 Å². The lowest BCUT2D eigenvalue weighted by atomic mass is 9.98. The van der Waals surface area contributed by atoms with Crippen LogP contribution in [0.4, 0.5) is 0 Å². The number of aryl methyl sites for hydroxylation is 1.